The molecule has 0 aliphatic heterocycles. The Morgan fingerprint density at radius 2 is 1.88 bits per heavy atom. The highest BCUT2D eigenvalue weighted by molar-refractivity contribution is 7.98. The van der Waals surface area contributed by atoms with Crippen molar-refractivity contribution in [3.05, 3.63) is 40.7 Å². The lowest BCUT2D eigenvalue weighted by Gasteiger charge is -2.12. The van der Waals surface area contributed by atoms with Crippen molar-refractivity contribution >= 4 is 23.4 Å². The number of nitrogens with zero attached hydrogens (tertiary/aromatic N) is 2. The normalized spacial score (nSPS) is 10.9. The van der Waals surface area contributed by atoms with Gasteiger partial charge in [-0.05, 0) is 37.0 Å². The van der Waals surface area contributed by atoms with Crippen molar-refractivity contribution in [2.75, 3.05) is 13.7 Å². The summed E-state index contributed by atoms with van der Waals surface area (Å²) in [7, 11) is 1.66. The molecule has 0 saturated carbocycles. The minimum absolute atomic E-state index is 0.431. The summed E-state index contributed by atoms with van der Waals surface area (Å²) < 4.78 is 10.8. The summed E-state index contributed by atoms with van der Waals surface area (Å²) in [4.78, 5) is 9.09. The maximum Gasteiger partial charge on any atom is 0.248 e. The van der Waals surface area contributed by atoms with Gasteiger partial charge in [-0.25, -0.2) is 4.98 Å². The molecule has 0 aliphatic rings. The summed E-state index contributed by atoms with van der Waals surface area (Å²) in [5, 5.41) is 1.22. The molecule has 0 fully saturated rings. The Labute approximate surface area is 153 Å². The molecule has 0 saturated heterocycles. The Bertz CT molecular complexity index is 663. The minimum Gasteiger partial charge on any atom is -0.497 e. The van der Waals surface area contributed by atoms with E-state index in [0.717, 1.165) is 28.6 Å². The fourth-order valence-electron chi connectivity index (χ4n) is 2.13. The highest BCUT2D eigenvalue weighted by atomic mass is 35.5. The van der Waals surface area contributed by atoms with Crippen molar-refractivity contribution < 1.29 is 9.47 Å². The molecule has 0 aliphatic carbocycles. The average Bonchev–Trinajstić information content (AvgIpc) is 2.56. The van der Waals surface area contributed by atoms with Crippen LogP contribution in [0.15, 0.2) is 29.3 Å². The molecule has 0 radical (unpaired) electrons. The Morgan fingerprint density at radius 1 is 1.17 bits per heavy atom. The first-order valence-corrected chi connectivity index (χ1v) is 9.34. The second kappa shape index (κ2) is 9.14. The van der Waals surface area contributed by atoms with Crippen molar-refractivity contribution in [3.8, 4) is 11.6 Å². The number of aromatic nitrogens is 2. The van der Waals surface area contributed by atoms with Crippen molar-refractivity contribution in [2.24, 2.45) is 5.92 Å². The number of benzene rings is 1. The number of methoxy groups -OCH3 is 1. The van der Waals surface area contributed by atoms with Gasteiger partial charge in [0.15, 0.2) is 10.2 Å². The van der Waals surface area contributed by atoms with Gasteiger partial charge in [0, 0.05) is 5.75 Å². The van der Waals surface area contributed by atoms with Gasteiger partial charge in [0.1, 0.15) is 5.75 Å². The largest absolute Gasteiger partial charge is 0.497 e. The lowest BCUT2D eigenvalue weighted by Crippen LogP contribution is -2.05. The van der Waals surface area contributed by atoms with Gasteiger partial charge in [0.25, 0.3) is 0 Å². The lowest BCUT2D eigenvalue weighted by atomic mass is 10.1. The van der Waals surface area contributed by atoms with E-state index in [1.165, 1.54) is 5.56 Å². The molecule has 6 heteroatoms. The van der Waals surface area contributed by atoms with Crippen molar-refractivity contribution in [2.45, 2.75) is 38.0 Å². The summed E-state index contributed by atoms with van der Waals surface area (Å²) in [6.45, 7) is 6.73. The second-order valence-corrected chi connectivity index (χ2v) is 7.06. The Hall–Kier alpha value is -1.46. The lowest BCUT2D eigenvalue weighted by molar-refractivity contribution is 0.314. The number of thioether (sulfide) groups is 1. The average molecular weight is 367 g/mol. The third-order valence-electron chi connectivity index (χ3n) is 3.27. The van der Waals surface area contributed by atoms with Crippen LogP contribution >= 0.6 is 23.4 Å². The van der Waals surface area contributed by atoms with E-state index in [0.29, 0.717) is 23.6 Å². The van der Waals surface area contributed by atoms with E-state index in [9.17, 15) is 0 Å². The van der Waals surface area contributed by atoms with Gasteiger partial charge in [-0.2, -0.15) is 4.98 Å². The molecule has 4 nitrogen and oxygen atoms in total. The first-order valence-electron chi connectivity index (χ1n) is 7.98. The summed E-state index contributed by atoms with van der Waals surface area (Å²) in [6, 6.07) is 8.00. The van der Waals surface area contributed by atoms with Crippen LogP contribution in [0.2, 0.25) is 5.15 Å². The first kappa shape index (κ1) is 18.9. The Morgan fingerprint density at radius 3 is 2.46 bits per heavy atom. The second-order valence-electron chi connectivity index (χ2n) is 5.74. The third-order valence-corrected chi connectivity index (χ3v) is 4.59. The predicted molar refractivity (Wildman–Crippen MR) is 99.3 cm³/mol. The third kappa shape index (κ3) is 5.28. The van der Waals surface area contributed by atoms with E-state index >= 15 is 0 Å². The van der Waals surface area contributed by atoms with E-state index in [2.05, 4.69) is 18.8 Å². The Balaban J connectivity index is 2.18. The topological polar surface area (TPSA) is 44.2 Å². The summed E-state index contributed by atoms with van der Waals surface area (Å²) >= 11 is 7.86. The molecule has 0 unspecified atom stereocenters. The van der Waals surface area contributed by atoms with Crippen LogP contribution in [0.1, 0.15) is 32.0 Å². The molecular weight excluding hydrogens is 344 g/mol. The number of ether oxygens (including phenoxy) is 2. The molecule has 0 bridgehead atoms. The zero-order chi connectivity index (χ0) is 17.5. The maximum atomic E-state index is 6.25. The van der Waals surface area contributed by atoms with E-state index in [1.54, 1.807) is 18.9 Å². The summed E-state index contributed by atoms with van der Waals surface area (Å²) in [5.74, 6) is 2.61. The molecule has 0 spiro atoms. The van der Waals surface area contributed by atoms with E-state index in [-0.39, 0.29) is 0 Å². The number of hydrogen-bond acceptors (Lipinski definition) is 5. The SMILES string of the molecule is CCOc1nc(Cl)c(CC(C)C)nc1SCc1ccc(OC)cc1. The van der Waals surface area contributed by atoms with Crippen LogP contribution in [0.3, 0.4) is 0 Å². The molecule has 0 N–H and O–H groups in total. The van der Waals surface area contributed by atoms with Crippen LogP contribution < -0.4 is 9.47 Å². The van der Waals surface area contributed by atoms with Crippen molar-refractivity contribution in [3.63, 3.8) is 0 Å². The standard InChI is InChI=1S/C18H23ClN2O2S/c1-5-23-17-18(20-15(10-12(2)3)16(19)21-17)24-11-13-6-8-14(22-4)9-7-13/h6-9,12H,5,10-11H2,1-4H3. The smallest absolute Gasteiger partial charge is 0.248 e. The molecular formula is C18H23ClN2O2S. The monoisotopic (exact) mass is 366 g/mol. The molecule has 2 aromatic rings. The zero-order valence-corrected chi connectivity index (χ0v) is 16.1. The highest BCUT2D eigenvalue weighted by Crippen LogP contribution is 2.32. The van der Waals surface area contributed by atoms with Gasteiger partial charge < -0.3 is 9.47 Å². The van der Waals surface area contributed by atoms with E-state index in [1.807, 2.05) is 31.2 Å². The fourth-order valence-corrected chi connectivity index (χ4v) is 3.23. The molecule has 1 aromatic heterocycles. The number of rotatable bonds is 8. The molecule has 130 valence electrons. The minimum atomic E-state index is 0.431. The molecule has 24 heavy (non-hydrogen) atoms. The van der Waals surface area contributed by atoms with E-state index < -0.39 is 0 Å². The van der Waals surface area contributed by atoms with Gasteiger partial charge in [-0.1, -0.05) is 49.3 Å². The molecule has 0 atom stereocenters. The predicted octanol–water partition coefficient (Wildman–Crippen LogP) is 5.03. The van der Waals surface area contributed by atoms with Crippen LogP contribution in [-0.2, 0) is 12.2 Å². The van der Waals surface area contributed by atoms with Gasteiger partial charge in [-0.3, -0.25) is 0 Å². The quantitative estimate of drug-likeness (QED) is 0.613. The van der Waals surface area contributed by atoms with Crippen LogP contribution in [0, 0.1) is 5.92 Å². The summed E-state index contributed by atoms with van der Waals surface area (Å²) in [5.41, 5.74) is 2.01. The molecule has 0 amide bonds. The fraction of sp³-hybridized carbons (Fsp3) is 0.444. The molecule has 2 rings (SSSR count). The van der Waals surface area contributed by atoms with Gasteiger partial charge in [0.05, 0.1) is 19.4 Å². The van der Waals surface area contributed by atoms with Crippen LogP contribution in [-0.4, -0.2) is 23.7 Å². The highest BCUT2D eigenvalue weighted by Gasteiger charge is 2.15. The van der Waals surface area contributed by atoms with Crippen molar-refractivity contribution in [1.82, 2.24) is 9.97 Å². The van der Waals surface area contributed by atoms with Crippen LogP contribution in [0.25, 0.3) is 0 Å². The number of halogens is 1. The molecule has 1 heterocycles. The van der Waals surface area contributed by atoms with E-state index in [4.69, 9.17) is 26.1 Å². The number of hydrogen-bond donors (Lipinski definition) is 0. The molecule has 1 aromatic carbocycles. The summed E-state index contributed by atoms with van der Waals surface area (Å²) in [6.07, 6.45) is 0.800. The zero-order valence-electron chi connectivity index (χ0n) is 14.5. The van der Waals surface area contributed by atoms with Gasteiger partial charge in [-0.15, -0.1) is 0 Å². The van der Waals surface area contributed by atoms with Gasteiger partial charge >= 0.3 is 0 Å². The Kier molecular flexibility index (Phi) is 7.18. The van der Waals surface area contributed by atoms with Crippen LogP contribution in [0.5, 0.6) is 11.6 Å². The van der Waals surface area contributed by atoms with Gasteiger partial charge in [0.2, 0.25) is 5.88 Å². The maximum absolute atomic E-state index is 6.25. The van der Waals surface area contributed by atoms with Crippen molar-refractivity contribution in [1.29, 1.82) is 0 Å². The first-order chi connectivity index (χ1) is 11.5. The van der Waals surface area contributed by atoms with Crippen LogP contribution in [0.4, 0.5) is 0 Å².